The van der Waals surface area contributed by atoms with Crippen LogP contribution >= 0.6 is 0 Å². The Hall–Kier alpha value is -2.25. The van der Waals surface area contributed by atoms with E-state index in [4.69, 9.17) is 10.1 Å². The number of fused-ring (bicyclic) bond motifs is 1. The number of para-hydroxylation sites is 1. The smallest absolute Gasteiger partial charge is 0.230 e. The molecule has 2 heterocycles. The summed E-state index contributed by atoms with van der Waals surface area (Å²) in [4.78, 5) is 11.3. The molecule has 0 bridgehead atoms. The molecular weight excluding hydrogens is 304 g/mol. The van der Waals surface area contributed by atoms with Gasteiger partial charge in [-0.05, 0) is 26.0 Å². The van der Waals surface area contributed by atoms with Gasteiger partial charge in [0.2, 0.25) is 5.95 Å². The SMILES string of the molecule is Cc1nc(NC(=N)NCCCN2CCOCC2)nc2ccccc12. The average molecular weight is 328 g/mol. The Morgan fingerprint density at radius 1 is 1.25 bits per heavy atom. The number of nitrogens with zero attached hydrogens (tertiary/aromatic N) is 3. The molecule has 0 spiro atoms. The standard InChI is InChI=1S/C17H24N6O/c1-13-14-5-2-3-6-15(14)21-17(20-13)22-16(18)19-7-4-8-23-9-11-24-12-10-23/h2-3,5-6H,4,7-12H2,1H3,(H3,18,19,20,21,22). The van der Waals surface area contributed by atoms with E-state index >= 15 is 0 Å². The minimum absolute atomic E-state index is 0.228. The van der Waals surface area contributed by atoms with E-state index in [0.717, 1.165) is 62.4 Å². The van der Waals surface area contributed by atoms with Crippen molar-refractivity contribution in [2.45, 2.75) is 13.3 Å². The molecule has 128 valence electrons. The maximum absolute atomic E-state index is 7.99. The fourth-order valence-electron chi connectivity index (χ4n) is 2.79. The first-order valence-corrected chi connectivity index (χ1v) is 8.35. The molecule has 7 heteroatoms. The molecule has 1 aliphatic rings. The molecule has 1 saturated heterocycles. The molecule has 3 N–H and O–H groups in total. The third-order valence-corrected chi connectivity index (χ3v) is 4.09. The maximum atomic E-state index is 7.99. The van der Waals surface area contributed by atoms with Gasteiger partial charge in [0.05, 0.1) is 24.4 Å². The van der Waals surface area contributed by atoms with E-state index in [1.165, 1.54) is 0 Å². The second-order valence-corrected chi connectivity index (χ2v) is 5.88. The van der Waals surface area contributed by atoms with E-state index in [0.29, 0.717) is 5.95 Å². The van der Waals surface area contributed by atoms with Crippen molar-refractivity contribution in [2.75, 3.05) is 44.7 Å². The summed E-state index contributed by atoms with van der Waals surface area (Å²) < 4.78 is 5.34. The minimum Gasteiger partial charge on any atom is -0.379 e. The van der Waals surface area contributed by atoms with Crippen molar-refractivity contribution >= 4 is 22.8 Å². The third kappa shape index (κ3) is 4.39. The molecule has 0 radical (unpaired) electrons. The van der Waals surface area contributed by atoms with Gasteiger partial charge in [0.1, 0.15) is 0 Å². The molecule has 1 aromatic carbocycles. The van der Waals surface area contributed by atoms with Crippen LogP contribution < -0.4 is 10.6 Å². The quantitative estimate of drug-likeness (QED) is 0.439. The average Bonchev–Trinajstić information content (AvgIpc) is 2.60. The second-order valence-electron chi connectivity index (χ2n) is 5.88. The van der Waals surface area contributed by atoms with Crippen LogP contribution in [0.4, 0.5) is 5.95 Å². The lowest BCUT2D eigenvalue weighted by atomic mass is 10.2. The highest BCUT2D eigenvalue weighted by atomic mass is 16.5. The van der Waals surface area contributed by atoms with Crippen LogP contribution in [0.5, 0.6) is 0 Å². The van der Waals surface area contributed by atoms with E-state index in [-0.39, 0.29) is 5.96 Å². The number of guanidine groups is 1. The number of rotatable bonds is 5. The Kier molecular flexibility index (Phi) is 5.55. The molecular formula is C17H24N6O. The number of morpholine rings is 1. The summed E-state index contributed by atoms with van der Waals surface area (Å²) in [7, 11) is 0. The van der Waals surface area contributed by atoms with Crippen LogP contribution in [0.25, 0.3) is 10.9 Å². The van der Waals surface area contributed by atoms with Crippen LogP contribution in [0.3, 0.4) is 0 Å². The summed E-state index contributed by atoms with van der Waals surface area (Å²) in [5.41, 5.74) is 1.79. The second kappa shape index (κ2) is 8.03. The van der Waals surface area contributed by atoms with E-state index < -0.39 is 0 Å². The third-order valence-electron chi connectivity index (χ3n) is 4.09. The number of aryl methyl sites for hydroxylation is 1. The van der Waals surface area contributed by atoms with Crippen LogP contribution in [-0.4, -0.2) is 60.2 Å². The molecule has 1 aromatic heterocycles. The van der Waals surface area contributed by atoms with Gasteiger partial charge in [-0.3, -0.25) is 15.6 Å². The number of aromatic nitrogens is 2. The highest BCUT2D eigenvalue weighted by Gasteiger charge is 2.09. The van der Waals surface area contributed by atoms with Gasteiger partial charge >= 0.3 is 0 Å². The van der Waals surface area contributed by atoms with Gasteiger partial charge in [0.25, 0.3) is 0 Å². The topological polar surface area (TPSA) is 86.2 Å². The van der Waals surface area contributed by atoms with Crippen molar-refractivity contribution in [3.05, 3.63) is 30.0 Å². The van der Waals surface area contributed by atoms with Gasteiger partial charge < -0.3 is 10.1 Å². The first kappa shape index (κ1) is 16.6. The lowest BCUT2D eigenvalue weighted by Gasteiger charge is -2.26. The van der Waals surface area contributed by atoms with Gasteiger partial charge in [-0.25, -0.2) is 9.97 Å². The minimum atomic E-state index is 0.228. The number of anilines is 1. The molecule has 3 rings (SSSR count). The Morgan fingerprint density at radius 2 is 2.04 bits per heavy atom. The zero-order chi connectivity index (χ0) is 16.8. The zero-order valence-corrected chi connectivity index (χ0v) is 14.0. The van der Waals surface area contributed by atoms with Crippen molar-refractivity contribution in [3.63, 3.8) is 0 Å². The van der Waals surface area contributed by atoms with Gasteiger partial charge in [-0.15, -0.1) is 0 Å². The number of ether oxygens (including phenoxy) is 1. The fraction of sp³-hybridized carbons (Fsp3) is 0.471. The first-order chi connectivity index (χ1) is 11.7. The van der Waals surface area contributed by atoms with Crippen molar-refractivity contribution in [1.82, 2.24) is 20.2 Å². The molecule has 0 atom stereocenters. The Labute approximate surface area is 141 Å². The predicted octanol–water partition coefficient (Wildman–Crippen LogP) is 1.60. The number of hydrogen-bond donors (Lipinski definition) is 3. The fourth-order valence-corrected chi connectivity index (χ4v) is 2.79. The normalized spacial score (nSPS) is 15.4. The summed E-state index contributed by atoms with van der Waals surface area (Å²) in [6.07, 6.45) is 0.988. The summed E-state index contributed by atoms with van der Waals surface area (Å²) in [6.45, 7) is 7.37. The Morgan fingerprint density at radius 3 is 2.88 bits per heavy atom. The van der Waals surface area contributed by atoms with Crippen LogP contribution in [0, 0.1) is 12.3 Å². The predicted molar refractivity (Wildman–Crippen MR) is 95.5 cm³/mol. The van der Waals surface area contributed by atoms with Crippen molar-refractivity contribution in [1.29, 1.82) is 5.41 Å². The lowest BCUT2D eigenvalue weighted by Crippen LogP contribution is -2.38. The monoisotopic (exact) mass is 328 g/mol. The van der Waals surface area contributed by atoms with E-state index in [2.05, 4.69) is 25.5 Å². The highest BCUT2D eigenvalue weighted by molar-refractivity contribution is 5.91. The van der Waals surface area contributed by atoms with Crippen molar-refractivity contribution < 1.29 is 4.74 Å². The molecule has 24 heavy (non-hydrogen) atoms. The molecule has 0 saturated carbocycles. The summed E-state index contributed by atoms with van der Waals surface area (Å²) >= 11 is 0. The van der Waals surface area contributed by atoms with Crippen LogP contribution in [0.15, 0.2) is 24.3 Å². The summed E-state index contributed by atoms with van der Waals surface area (Å²) in [5.74, 6) is 0.684. The van der Waals surface area contributed by atoms with Crippen LogP contribution in [0.1, 0.15) is 12.1 Å². The largest absolute Gasteiger partial charge is 0.379 e. The van der Waals surface area contributed by atoms with Gasteiger partial charge in [-0.1, -0.05) is 18.2 Å². The molecule has 1 fully saturated rings. The van der Waals surface area contributed by atoms with Gasteiger partial charge in [0, 0.05) is 25.0 Å². The van der Waals surface area contributed by atoms with Crippen LogP contribution in [0.2, 0.25) is 0 Å². The molecule has 2 aromatic rings. The summed E-state index contributed by atoms with van der Waals surface area (Å²) in [5, 5.41) is 15.0. The van der Waals surface area contributed by atoms with E-state index in [1.54, 1.807) is 0 Å². The molecule has 1 aliphatic heterocycles. The van der Waals surface area contributed by atoms with Crippen molar-refractivity contribution in [2.24, 2.45) is 0 Å². The van der Waals surface area contributed by atoms with Gasteiger partial charge in [-0.2, -0.15) is 0 Å². The lowest BCUT2D eigenvalue weighted by molar-refractivity contribution is 0.0376. The Bertz CT molecular complexity index is 699. The Balaban J connectivity index is 1.46. The number of hydrogen-bond acceptors (Lipinski definition) is 5. The van der Waals surface area contributed by atoms with E-state index in [1.807, 2.05) is 31.2 Å². The molecule has 0 unspecified atom stereocenters. The van der Waals surface area contributed by atoms with Crippen molar-refractivity contribution in [3.8, 4) is 0 Å². The maximum Gasteiger partial charge on any atom is 0.230 e. The molecule has 7 nitrogen and oxygen atoms in total. The number of benzene rings is 1. The van der Waals surface area contributed by atoms with E-state index in [9.17, 15) is 0 Å². The van der Waals surface area contributed by atoms with Crippen LogP contribution in [-0.2, 0) is 4.74 Å². The first-order valence-electron chi connectivity index (χ1n) is 8.35. The number of nitrogens with one attached hydrogen (secondary N) is 3. The zero-order valence-electron chi connectivity index (χ0n) is 14.0. The van der Waals surface area contributed by atoms with Gasteiger partial charge in [0.15, 0.2) is 5.96 Å². The molecule has 0 amide bonds. The summed E-state index contributed by atoms with van der Waals surface area (Å²) in [6, 6.07) is 7.88. The highest BCUT2D eigenvalue weighted by Crippen LogP contribution is 2.16. The molecule has 0 aliphatic carbocycles.